The lowest BCUT2D eigenvalue weighted by atomic mass is 9.90. The Balaban J connectivity index is 2.23. The van der Waals surface area contributed by atoms with Gasteiger partial charge in [-0.1, -0.05) is 40.0 Å². The first-order valence-corrected chi connectivity index (χ1v) is 7.95. The van der Waals surface area contributed by atoms with Crippen molar-refractivity contribution in [3.05, 3.63) is 23.4 Å². The normalized spacial score (nSPS) is 17.2. The highest BCUT2D eigenvalue weighted by Crippen LogP contribution is 2.23. The lowest BCUT2D eigenvalue weighted by molar-refractivity contribution is 0.0742. The van der Waals surface area contributed by atoms with Gasteiger partial charge in [-0.25, -0.2) is 4.98 Å². The molecular weight excluding hydrogens is 262 g/mol. The first-order chi connectivity index (χ1) is 9.88. The number of likely N-dealkylation sites (tertiary alicyclic amines) is 1. The standard InChI is InChI=1S/C17H27N3O/c1-17(2,3)14-11-13(12-15(18)19-14)16(21)20-9-7-5-4-6-8-10-20/h11-12H,4-10H2,1-3H3,(H2,18,19). The molecular formula is C17H27N3O. The summed E-state index contributed by atoms with van der Waals surface area (Å²) in [6.07, 6.45) is 5.92. The van der Waals surface area contributed by atoms with Crippen molar-refractivity contribution in [3.8, 4) is 0 Å². The zero-order valence-electron chi connectivity index (χ0n) is 13.5. The van der Waals surface area contributed by atoms with Crippen molar-refractivity contribution >= 4 is 11.7 Å². The number of pyridine rings is 1. The van der Waals surface area contributed by atoms with E-state index in [0.717, 1.165) is 31.6 Å². The van der Waals surface area contributed by atoms with Crippen LogP contribution in [0.15, 0.2) is 12.1 Å². The van der Waals surface area contributed by atoms with Crippen molar-refractivity contribution in [3.63, 3.8) is 0 Å². The molecule has 0 atom stereocenters. The summed E-state index contributed by atoms with van der Waals surface area (Å²) in [5.41, 5.74) is 7.33. The van der Waals surface area contributed by atoms with Crippen LogP contribution in [-0.2, 0) is 5.41 Å². The van der Waals surface area contributed by atoms with E-state index in [0.29, 0.717) is 11.4 Å². The lowest BCUT2D eigenvalue weighted by Gasteiger charge is -2.26. The summed E-state index contributed by atoms with van der Waals surface area (Å²) < 4.78 is 0. The zero-order chi connectivity index (χ0) is 15.5. The Morgan fingerprint density at radius 3 is 2.24 bits per heavy atom. The summed E-state index contributed by atoms with van der Waals surface area (Å²) in [4.78, 5) is 19.1. The minimum atomic E-state index is -0.110. The molecule has 1 aliphatic rings. The summed E-state index contributed by atoms with van der Waals surface area (Å²) in [7, 11) is 0. The van der Waals surface area contributed by atoms with E-state index in [9.17, 15) is 4.79 Å². The van der Waals surface area contributed by atoms with Crippen LogP contribution in [-0.4, -0.2) is 28.9 Å². The Morgan fingerprint density at radius 1 is 1.10 bits per heavy atom. The highest BCUT2D eigenvalue weighted by Gasteiger charge is 2.21. The van der Waals surface area contributed by atoms with Crippen LogP contribution >= 0.6 is 0 Å². The highest BCUT2D eigenvalue weighted by atomic mass is 16.2. The van der Waals surface area contributed by atoms with Crippen LogP contribution in [0.3, 0.4) is 0 Å². The molecule has 116 valence electrons. The van der Waals surface area contributed by atoms with Gasteiger partial charge >= 0.3 is 0 Å². The van der Waals surface area contributed by atoms with E-state index < -0.39 is 0 Å². The second kappa shape index (κ2) is 6.46. The molecule has 0 aromatic carbocycles. The van der Waals surface area contributed by atoms with Crippen molar-refractivity contribution in [2.45, 2.75) is 58.3 Å². The number of carbonyl (C=O) groups is 1. The molecule has 1 amide bonds. The minimum absolute atomic E-state index is 0.0940. The maximum atomic E-state index is 12.7. The Bertz CT molecular complexity index is 497. The minimum Gasteiger partial charge on any atom is -0.384 e. The second-order valence-electron chi connectivity index (χ2n) is 6.98. The molecule has 0 saturated carbocycles. The number of carbonyl (C=O) groups excluding carboxylic acids is 1. The summed E-state index contributed by atoms with van der Waals surface area (Å²) in [6, 6.07) is 3.60. The largest absolute Gasteiger partial charge is 0.384 e. The monoisotopic (exact) mass is 289 g/mol. The average Bonchev–Trinajstić information content (AvgIpc) is 2.36. The van der Waals surface area contributed by atoms with E-state index in [-0.39, 0.29) is 11.3 Å². The number of aromatic nitrogens is 1. The van der Waals surface area contributed by atoms with Crippen molar-refractivity contribution in [1.29, 1.82) is 0 Å². The van der Waals surface area contributed by atoms with Crippen LogP contribution in [0.4, 0.5) is 5.82 Å². The average molecular weight is 289 g/mol. The molecule has 0 unspecified atom stereocenters. The smallest absolute Gasteiger partial charge is 0.254 e. The van der Waals surface area contributed by atoms with Gasteiger partial charge in [0.25, 0.3) is 5.91 Å². The van der Waals surface area contributed by atoms with E-state index in [1.807, 2.05) is 11.0 Å². The molecule has 0 spiro atoms. The maximum Gasteiger partial charge on any atom is 0.254 e. The van der Waals surface area contributed by atoms with Gasteiger partial charge in [-0.05, 0) is 25.0 Å². The first kappa shape index (κ1) is 15.8. The molecule has 0 bridgehead atoms. The summed E-state index contributed by atoms with van der Waals surface area (Å²) >= 11 is 0. The van der Waals surface area contributed by atoms with Crippen LogP contribution in [0.1, 0.15) is 68.9 Å². The third-order valence-corrected chi connectivity index (χ3v) is 4.00. The Kier molecular flexibility index (Phi) is 4.86. The fourth-order valence-electron chi connectivity index (χ4n) is 2.69. The van der Waals surface area contributed by atoms with Gasteiger partial charge in [-0.3, -0.25) is 4.79 Å². The van der Waals surface area contributed by atoms with Crippen LogP contribution < -0.4 is 5.73 Å². The topological polar surface area (TPSA) is 59.2 Å². The Labute approximate surface area is 127 Å². The number of nitrogens with two attached hydrogens (primary N) is 1. The number of hydrogen-bond acceptors (Lipinski definition) is 3. The van der Waals surface area contributed by atoms with E-state index in [1.165, 1.54) is 19.3 Å². The third-order valence-electron chi connectivity index (χ3n) is 4.00. The maximum absolute atomic E-state index is 12.7. The summed E-state index contributed by atoms with van der Waals surface area (Å²) in [5.74, 6) is 0.523. The molecule has 1 aromatic heterocycles. The summed E-state index contributed by atoms with van der Waals surface area (Å²) in [6.45, 7) is 7.95. The number of nitrogen functional groups attached to an aromatic ring is 1. The third kappa shape index (κ3) is 4.19. The van der Waals surface area contributed by atoms with E-state index in [4.69, 9.17) is 5.73 Å². The number of anilines is 1. The van der Waals surface area contributed by atoms with Gasteiger partial charge in [-0.15, -0.1) is 0 Å². The Morgan fingerprint density at radius 2 is 1.67 bits per heavy atom. The fraction of sp³-hybridized carbons (Fsp3) is 0.647. The fourth-order valence-corrected chi connectivity index (χ4v) is 2.69. The van der Waals surface area contributed by atoms with Gasteiger partial charge < -0.3 is 10.6 Å². The van der Waals surface area contributed by atoms with E-state index >= 15 is 0 Å². The molecule has 1 aromatic rings. The van der Waals surface area contributed by atoms with Crippen molar-refractivity contribution in [1.82, 2.24) is 9.88 Å². The van der Waals surface area contributed by atoms with Crippen LogP contribution in [0.25, 0.3) is 0 Å². The van der Waals surface area contributed by atoms with Gasteiger partial charge in [-0.2, -0.15) is 0 Å². The van der Waals surface area contributed by atoms with Gasteiger partial charge in [0.2, 0.25) is 0 Å². The number of rotatable bonds is 1. The van der Waals surface area contributed by atoms with Gasteiger partial charge in [0.05, 0.1) is 0 Å². The summed E-state index contributed by atoms with van der Waals surface area (Å²) in [5, 5.41) is 0. The number of amides is 1. The Hall–Kier alpha value is -1.58. The molecule has 21 heavy (non-hydrogen) atoms. The van der Waals surface area contributed by atoms with E-state index in [2.05, 4.69) is 25.8 Å². The van der Waals surface area contributed by atoms with Gasteiger partial charge in [0.1, 0.15) is 5.82 Å². The molecule has 1 aliphatic heterocycles. The molecule has 1 fully saturated rings. The van der Waals surface area contributed by atoms with Gasteiger partial charge in [0, 0.05) is 29.8 Å². The SMILES string of the molecule is CC(C)(C)c1cc(C(=O)N2CCCCCCC2)cc(N)n1. The molecule has 2 rings (SSSR count). The molecule has 4 nitrogen and oxygen atoms in total. The van der Waals surface area contributed by atoms with E-state index in [1.54, 1.807) is 6.07 Å². The zero-order valence-corrected chi connectivity index (χ0v) is 13.5. The highest BCUT2D eigenvalue weighted by molar-refractivity contribution is 5.95. The van der Waals surface area contributed by atoms with Crippen LogP contribution in [0.5, 0.6) is 0 Å². The molecule has 2 heterocycles. The lowest BCUT2D eigenvalue weighted by Crippen LogP contribution is -2.34. The van der Waals surface area contributed by atoms with Crippen LogP contribution in [0, 0.1) is 0 Å². The van der Waals surface area contributed by atoms with Crippen molar-refractivity contribution in [2.75, 3.05) is 18.8 Å². The second-order valence-corrected chi connectivity index (χ2v) is 6.98. The quantitative estimate of drug-likeness (QED) is 0.862. The molecule has 0 aliphatic carbocycles. The number of nitrogens with zero attached hydrogens (tertiary/aromatic N) is 2. The van der Waals surface area contributed by atoms with Crippen molar-refractivity contribution in [2.24, 2.45) is 0 Å². The predicted octanol–water partition coefficient (Wildman–Crippen LogP) is 3.37. The van der Waals surface area contributed by atoms with Gasteiger partial charge in [0.15, 0.2) is 0 Å². The molecule has 1 saturated heterocycles. The molecule has 0 radical (unpaired) electrons. The molecule has 4 heteroatoms. The van der Waals surface area contributed by atoms with Crippen molar-refractivity contribution < 1.29 is 4.79 Å². The van der Waals surface area contributed by atoms with Crippen LogP contribution in [0.2, 0.25) is 0 Å². The molecule has 2 N–H and O–H groups in total. The predicted molar refractivity (Wildman–Crippen MR) is 86.3 cm³/mol. The number of hydrogen-bond donors (Lipinski definition) is 1. The first-order valence-electron chi connectivity index (χ1n) is 7.95.